The number of carbonyl (C=O) groups excluding carboxylic acids is 1. The highest BCUT2D eigenvalue weighted by Gasteiger charge is 2.14. The molecular formula is C22H24ClN5O2S. The highest BCUT2D eigenvalue weighted by molar-refractivity contribution is 7.99. The standard InChI is InChI=1S/C22H24ClN5O2S/c23-19-6-3-7-20(12-19)28-16-25-26-22(28)31-15-21(29)24-13-17-4-1-2-5-18(17)14-27-8-10-30-11-9-27/h1-7,12,16H,8-11,13-15H2,(H,24,29). The Hall–Kier alpha value is -2.39. The van der Waals surface area contributed by atoms with Gasteiger partial charge in [-0.25, -0.2) is 0 Å². The molecular weight excluding hydrogens is 434 g/mol. The first-order valence-electron chi connectivity index (χ1n) is 10.1. The molecule has 1 saturated heterocycles. The molecule has 1 aliphatic heterocycles. The second-order valence-electron chi connectivity index (χ2n) is 7.19. The molecule has 0 radical (unpaired) electrons. The normalized spacial score (nSPS) is 14.5. The van der Waals surface area contributed by atoms with Crippen LogP contribution in [0, 0.1) is 0 Å². The molecule has 2 heterocycles. The molecule has 1 N–H and O–H groups in total. The van der Waals surface area contributed by atoms with E-state index in [4.69, 9.17) is 16.3 Å². The Morgan fingerprint density at radius 2 is 1.94 bits per heavy atom. The summed E-state index contributed by atoms with van der Waals surface area (Å²) in [5.41, 5.74) is 3.23. The lowest BCUT2D eigenvalue weighted by Crippen LogP contribution is -2.36. The summed E-state index contributed by atoms with van der Waals surface area (Å²) in [5, 5.41) is 12.4. The summed E-state index contributed by atoms with van der Waals surface area (Å²) in [6.07, 6.45) is 1.62. The van der Waals surface area contributed by atoms with Gasteiger partial charge in [0.15, 0.2) is 5.16 Å². The van der Waals surface area contributed by atoms with E-state index in [1.165, 1.54) is 17.3 Å². The van der Waals surface area contributed by atoms with E-state index in [-0.39, 0.29) is 11.7 Å². The van der Waals surface area contributed by atoms with E-state index < -0.39 is 0 Å². The van der Waals surface area contributed by atoms with Crippen molar-refractivity contribution < 1.29 is 9.53 Å². The molecule has 3 aromatic rings. The van der Waals surface area contributed by atoms with E-state index in [9.17, 15) is 4.79 Å². The molecule has 1 aliphatic rings. The van der Waals surface area contributed by atoms with Gasteiger partial charge >= 0.3 is 0 Å². The van der Waals surface area contributed by atoms with Crippen LogP contribution in [0.25, 0.3) is 5.69 Å². The van der Waals surface area contributed by atoms with E-state index in [0.717, 1.165) is 44.1 Å². The zero-order chi connectivity index (χ0) is 21.5. The number of nitrogens with zero attached hydrogens (tertiary/aromatic N) is 4. The first-order chi connectivity index (χ1) is 15.2. The predicted molar refractivity (Wildman–Crippen MR) is 121 cm³/mol. The van der Waals surface area contributed by atoms with Gasteiger partial charge < -0.3 is 10.1 Å². The number of hydrogen-bond acceptors (Lipinski definition) is 6. The van der Waals surface area contributed by atoms with Gasteiger partial charge in [-0.3, -0.25) is 14.3 Å². The monoisotopic (exact) mass is 457 g/mol. The average molecular weight is 458 g/mol. The minimum Gasteiger partial charge on any atom is -0.379 e. The van der Waals surface area contributed by atoms with Gasteiger partial charge in [0.05, 0.1) is 24.7 Å². The van der Waals surface area contributed by atoms with Crippen molar-refractivity contribution in [3.8, 4) is 5.69 Å². The van der Waals surface area contributed by atoms with Gasteiger partial charge in [-0.05, 0) is 29.3 Å². The quantitative estimate of drug-likeness (QED) is 0.524. The molecule has 4 rings (SSSR count). The lowest BCUT2D eigenvalue weighted by Gasteiger charge is -2.27. The highest BCUT2D eigenvalue weighted by Crippen LogP contribution is 2.21. The number of aromatic nitrogens is 3. The summed E-state index contributed by atoms with van der Waals surface area (Å²) in [4.78, 5) is 14.9. The van der Waals surface area contributed by atoms with Crippen LogP contribution in [-0.4, -0.2) is 57.6 Å². The third-order valence-electron chi connectivity index (χ3n) is 5.03. The Balaban J connectivity index is 1.31. The number of rotatable bonds is 8. The third-order valence-corrected chi connectivity index (χ3v) is 6.21. The van der Waals surface area contributed by atoms with Gasteiger partial charge in [0.2, 0.25) is 5.91 Å². The first-order valence-corrected chi connectivity index (χ1v) is 11.5. The van der Waals surface area contributed by atoms with Crippen LogP contribution in [0.15, 0.2) is 60.0 Å². The van der Waals surface area contributed by atoms with Gasteiger partial charge in [0, 0.05) is 31.2 Å². The van der Waals surface area contributed by atoms with E-state index in [1.54, 1.807) is 6.33 Å². The number of hydrogen-bond donors (Lipinski definition) is 1. The van der Waals surface area contributed by atoms with Crippen molar-refractivity contribution in [1.82, 2.24) is 25.0 Å². The maximum Gasteiger partial charge on any atom is 0.230 e. The number of ether oxygens (including phenoxy) is 1. The van der Waals surface area contributed by atoms with Crippen molar-refractivity contribution in [1.29, 1.82) is 0 Å². The summed E-state index contributed by atoms with van der Waals surface area (Å²) in [6, 6.07) is 15.7. The van der Waals surface area contributed by atoms with Crippen LogP contribution in [0.5, 0.6) is 0 Å². The molecule has 2 aromatic carbocycles. The number of benzene rings is 2. The summed E-state index contributed by atoms with van der Waals surface area (Å²) in [6.45, 7) is 4.79. The van der Waals surface area contributed by atoms with Crippen molar-refractivity contribution in [3.63, 3.8) is 0 Å². The fourth-order valence-electron chi connectivity index (χ4n) is 3.39. The number of amides is 1. The Morgan fingerprint density at radius 3 is 2.74 bits per heavy atom. The van der Waals surface area contributed by atoms with Crippen LogP contribution >= 0.6 is 23.4 Å². The van der Waals surface area contributed by atoms with Crippen LogP contribution in [-0.2, 0) is 22.6 Å². The summed E-state index contributed by atoms with van der Waals surface area (Å²) < 4.78 is 7.25. The smallest absolute Gasteiger partial charge is 0.230 e. The van der Waals surface area contributed by atoms with Gasteiger partial charge in [0.1, 0.15) is 6.33 Å². The van der Waals surface area contributed by atoms with Gasteiger partial charge in [-0.2, -0.15) is 0 Å². The molecule has 1 aromatic heterocycles. The third kappa shape index (κ3) is 6.07. The number of morpholine rings is 1. The molecule has 31 heavy (non-hydrogen) atoms. The minimum absolute atomic E-state index is 0.0492. The molecule has 1 amide bonds. The molecule has 0 unspecified atom stereocenters. The summed E-state index contributed by atoms with van der Waals surface area (Å²) >= 11 is 7.42. The fourth-order valence-corrected chi connectivity index (χ4v) is 4.33. The van der Waals surface area contributed by atoms with Crippen LogP contribution in [0.2, 0.25) is 5.02 Å². The van der Waals surface area contributed by atoms with Crippen molar-refractivity contribution in [2.75, 3.05) is 32.1 Å². The van der Waals surface area contributed by atoms with Crippen LogP contribution in [0.1, 0.15) is 11.1 Å². The van der Waals surface area contributed by atoms with Crippen molar-refractivity contribution >= 4 is 29.3 Å². The number of halogens is 1. The van der Waals surface area contributed by atoms with E-state index in [2.05, 4.69) is 32.5 Å². The highest BCUT2D eigenvalue weighted by atomic mass is 35.5. The molecule has 0 saturated carbocycles. The summed E-state index contributed by atoms with van der Waals surface area (Å²) in [5.74, 6) is 0.206. The predicted octanol–water partition coefficient (Wildman–Crippen LogP) is 3.16. The zero-order valence-corrected chi connectivity index (χ0v) is 18.6. The topological polar surface area (TPSA) is 72.3 Å². The molecule has 9 heteroatoms. The maximum absolute atomic E-state index is 12.5. The lowest BCUT2D eigenvalue weighted by molar-refractivity contribution is -0.118. The van der Waals surface area contributed by atoms with Gasteiger partial charge in [-0.1, -0.05) is 53.7 Å². The Morgan fingerprint density at radius 1 is 1.13 bits per heavy atom. The van der Waals surface area contributed by atoms with Crippen molar-refractivity contribution in [3.05, 3.63) is 71.0 Å². The molecule has 1 fully saturated rings. The SMILES string of the molecule is O=C(CSc1nncn1-c1cccc(Cl)c1)NCc1ccccc1CN1CCOCC1. The summed E-state index contributed by atoms with van der Waals surface area (Å²) in [7, 11) is 0. The molecule has 0 aliphatic carbocycles. The van der Waals surface area contributed by atoms with Crippen LogP contribution < -0.4 is 5.32 Å². The van der Waals surface area contributed by atoms with E-state index in [0.29, 0.717) is 16.7 Å². The van der Waals surface area contributed by atoms with E-state index in [1.807, 2.05) is 41.0 Å². The second-order valence-corrected chi connectivity index (χ2v) is 8.56. The molecule has 162 valence electrons. The average Bonchev–Trinajstić information content (AvgIpc) is 3.26. The van der Waals surface area contributed by atoms with Gasteiger partial charge in [-0.15, -0.1) is 10.2 Å². The van der Waals surface area contributed by atoms with E-state index >= 15 is 0 Å². The minimum atomic E-state index is -0.0492. The molecule has 0 bridgehead atoms. The number of nitrogens with one attached hydrogen (secondary N) is 1. The Bertz CT molecular complexity index is 1020. The largest absolute Gasteiger partial charge is 0.379 e. The lowest BCUT2D eigenvalue weighted by atomic mass is 10.1. The van der Waals surface area contributed by atoms with Crippen molar-refractivity contribution in [2.24, 2.45) is 0 Å². The zero-order valence-electron chi connectivity index (χ0n) is 17.0. The van der Waals surface area contributed by atoms with Crippen LogP contribution in [0.3, 0.4) is 0 Å². The number of thioether (sulfide) groups is 1. The Labute approximate surface area is 190 Å². The van der Waals surface area contributed by atoms with Gasteiger partial charge in [0.25, 0.3) is 0 Å². The Kier molecular flexibility index (Phi) is 7.58. The first kappa shape index (κ1) is 21.8. The molecule has 7 nitrogen and oxygen atoms in total. The fraction of sp³-hybridized carbons (Fsp3) is 0.318. The maximum atomic E-state index is 12.5. The van der Waals surface area contributed by atoms with Crippen molar-refractivity contribution in [2.45, 2.75) is 18.2 Å². The molecule has 0 spiro atoms. The number of carbonyl (C=O) groups is 1. The van der Waals surface area contributed by atoms with Crippen LogP contribution in [0.4, 0.5) is 0 Å². The second kappa shape index (κ2) is 10.8. The molecule has 0 atom stereocenters.